The van der Waals surface area contributed by atoms with E-state index in [-0.39, 0.29) is 5.69 Å². The normalized spacial score (nSPS) is 11.9. The zero-order valence-corrected chi connectivity index (χ0v) is 7.31. The Morgan fingerprint density at radius 1 is 1.36 bits per heavy atom. The smallest absolute Gasteiger partial charge is 0.182 e. The summed E-state index contributed by atoms with van der Waals surface area (Å²) in [6, 6.07) is 2.28. The Kier molecular flexibility index (Phi) is 2.97. The maximum Gasteiger partial charge on any atom is 0.182 e. The zero-order chi connectivity index (χ0) is 10.7. The lowest BCUT2D eigenvalue weighted by atomic mass is 10.2. The number of benzene rings is 1. The van der Waals surface area contributed by atoms with Crippen LogP contribution in [-0.2, 0) is 0 Å². The molecule has 1 atom stereocenters. The first-order valence-corrected chi connectivity index (χ1v) is 3.85. The van der Waals surface area contributed by atoms with E-state index in [0.29, 0.717) is 6.07 Å². The van der Waals surface area contributed by atoms with Crippen LogP contribution in [0.3, 0.4) is 0 Å². The fraction of sp³-hybridized carbons (Fsp3) is 0.222. The van der Waals surface area contributed by atoms with Crippen molar-refractivity contribution in [2.24, 2.45) is 0 Å². The lowest BCUT2D eigenvalue weighted by molar-refractivity contribution is 0.497. The van der Waals surface area contributed by atoms with Crippen LogP contribution in [0.1, 0.15) is 6.92 Å². The minimum Gasteiger partial charge on any atom is -0.367 e. The molecule has 1 N–H and O–H groups in total. The third kappa shape index (κ3) is 2.16. The SMILES string of the molecule is CC(C#N)Nc1cc(F)cc(F)c1F. The summed E-state index contributed by atoms with van der Waals surface area (Å²) in [6.07, 6.45) is 0. The molecule has 0 amide bonds. The summed E-state index contributed by atoms with van der Waals surface area (Å²) in [5, 5.41) is 10.7. The molecular weight excluding hydrogens is 193 g/mol. The molecule has 0 aliphatic heterocycles. The number of halogens is 3. The summed E-state index contributed by atoms with van der Waals surface area (Å²) in [4.78, 5) is 0. The Morgan fingerprint density at radius 3 is 2.57 bits per heavy atom. The van der Waals surface area contributed by atoms with Crippen LogP contribution < -0.4 is 5.32 Å². The number of hydrogen-bond acceptors (Lipinski definition) is 2. The summed E-state index contributed by atoms with van der Waals surface area (Å²) in [6.45, 7) is 1.45. The summed E-state index contributed by atoms with van der Waals surface area (Å²) < 4.78 is 38.3. The molecule has 74 valence electrons. The number of nitriles is 1. The van der Waals surface area contributed by atoms with Gasteiger partial charge in [-0.1, -0.05) is 0 Å². The third-order valence-electron chi connectivity index (χ3n) is 1.56. The van der Waals surface area contributed by atoms with Gasteiger partial charge in [0.25, 0.3) is 0 Å². The first kappa shape index (κ1) is 10.4. The van der Waals surface area contributed by atoms with Crippen LogP contribution in [0.25, 0.3) is 0 Å². The van der Waals surface area contributed by atoms with E-state index in [4.69, 9.17) is 5.26 Å². The summed E-state index contributed by atoms with van der Waals surface area (Å²) >= 11 is 0. The maximum absolute atomic E-state index is 13.0. The van der Waals surface area contributed by atoms with Crippen molar-refractivity contribution in [2.45, 2.75) is 13.0 Å². The molecule has 0 aromatic heterocycles. The second kappa shape index (κ2) is 4.01. The van der Waals surface area contributed by atoms with E-state index in [1.54, 1.807) is 6.07 Å². The molecule has 1 rings (SSSR count). The van der Waals surface area contributed by atoms with Crippen molar-refractivity contribution >= 4 is 5.69 Å². The van der Waals surface area contributed by atoms with Crippen LogP contribution in [0.4, 0.5) is 18.9 Å². The Balaban J connectivity index is 3.03. The van der Waals surface area contributed by atoms with Crippen LogP contribution in [0.2, 0.25) is 0 Å². The fourth-order valence-electron chi connectivity index (χ4n) is 0.927. The monoisotopic (exact) mass is 200 g/mol. The fourth-order valence-corrected chi connectivity index (χ4v) is 0.927. The Morgan fingerprint density at radius 2 is 2.00 bits per heavy atom. The Labute approximate surface area is 79.0 Å². The molecule has 1 aromatic carbocycles. The van der Waals surface area contributed by atoms with E-state index in [1.807, 2.05) is 0 Å². The molecule has 5 heteroatoms. The van der Waals surface area contributed by atoms with Crippen molar-refractivity contribution in [3.05, 3.63) is 29.6 Å². The maximum atomic E-state index is 13.0. The van der Waals surface area contributed by atoms with Crippen LogP contribution in [0.15, 0.2) is 12.1 Å². The minimum atomic E-state index is -1.28. The van der Waals surface area contributed by atoms with Crippen LogP contribution >= 0.6 is 0 Å². The van der Waals surface area contributed by atoms with E-state index in [0.717, 1.165) is 6.07 Å². The van der Waals surface area contributed by atoms with E-state index in [2.05, 4.69) is 5.32 Å². The first-order chi connectivity index (χ1) is 6.54. The molecule has 14 heavy (non-hydrogen) atoms. The van der Waals surface area contributed by atoms with Gasteiger partial charge in [-0.15, -0.1) is 0 Å². The quantitative estimate of drug-likeness (QED) is 0.744. The van der Waals surface area contributed by atoms with Gasteiger partial charge >= 0.3 is 0 Å². The predicted octanol–water partition coefficient (Wildman–Crippen LogP) is 2.43. The summed E-state index contributed by atoms with van der Waals surface area (Å²) in [5.41, 5.74) is -0.350. The predicted molar refractivity (Wildman–Crippen MR) is 45.0 cm³/mol. The second-order valence-electron chi connectivity index (χ2n) is 2.74. The van der Waals surface area contributed by atoms with Crippen LogP contribution in [0.5, 0.6) is 0 Å². The number of hydrogen-bond donors (Lipinski definition) is 1. The highest BCUT2D eigenvalue weighted by molar-refractivity contribution is 5.47. The van der Waals surface area contributed by atoms with Crippen molar-refractivity contribution < 1.29 is 13.2 Å². The standard InChI is InChI=1S/C9H7F3N2/c1-5(4-13)14-8-3-6(10)2-7(11)9(8)12/h2-3,5,14H,1H3. The van der Waals surface area contributed by atoms with Gasteiger partial charge in [-0.05, 0) is 6.92 Å². The molecule has 0 fully saturated rings. The summed E-state index contributed by atoms with van der Waals surface area (Å²) in [5.74, 6) is -3.36. The number of nitrogens with one attached hydrogen (secondary N) is 1. The van der Waals surface area contributed by atoms with E-state index in [1.165, 1.54) is 6.92 Å². The van der Waals surface area contributed by atoms with Gasteiger partial charge in [0.2, 0.25) is 0 Å². The molecule has 0 aliphatic carbocycles. The zero-order valence-electron chi connectivity index (χ0n) is 7.31. The highest BCUT2D eigenvalue weighted by Gasteiger charge is 2.12. The second-order valence-corrected chi connectivity index (χ2v) is 2.74. The molecule has 1 unspecified atom stereocenters. The number of nitrogens with zero attached hydrogens (tertiary/aromatic N) is 1. The number of rotatable bonds is 2. The van der Waals surface area contributed by atoms with Crippen molar-refractivity contribution in [2.75, 3.05) is 5.32 Å². The third-order valence-corrected chi connectivity index (χ3v) is 1.56. The van der Waals surface area contributed by atoms with Crippen molar-refractivity contribution in [3.63, 3.8) is 0 Å². The molecule has 0 spiro atoms. The Bertz CT molecular complexity index is 384. The molecule has 2 nitrogen and oxygen atoms in total. The van der Waals surface area contributed by atoms with Gasteiger partial charge in [0.05, 0.1) is 11.8 Å². The van der Waals surface area contributed by atoms with Gasteiger partial charge in [0, 0.05) is 12.1 Å². The van der Waals surface area contributed by atoms with Gasteiger partial charge in [-0.3, -0.25) is 0 Å². The molecule has 0 saturated carbocycles. The average Bonchev–Trinajstić information content (AvgIpc) is 2.13. The van der Waals surface area contributed by atoms with Crippen LogP contribution in [-0.4, -0.2) is 6.04 Å². The van der Waals surface area contributed by atoms with E-state index >= 15 is 0 Å². The van der Waals surface area contributed by atoms with Gasteiger partial charge < -0.3 is 5.32 Å². The van der Waals surface area contributed by atoms with Crippen LogP contribution in [0, 0.1) is 28.8 Å². The number of anilines is 1. The molecule has 0 heterocycles. The average molecular weight is 200 g/mol. The molecule has 1 aromatic rings. The summed E-state index contributed by atoms with van der Waals surface area (Å²) in [7, 11) is 0. The van der Waals surface area contributed by atoms with Gasteiger partial charge in [-0.25, -0.2) is 13.2 Å². The largest absolute Gasteiger partial charge is 0.367 e. The lowest BCUT2D eigenvalue weighted by Crippen LogP contribution is -2.14. The minimum absolute atomic E-state index is 0.350. The van der Waals surface area contributed by atoms with Gasteiger partial charge in [-0.2, -0.15) is 5.26 Å². The lowest BCUT2D eigenvalue weighted by Gasteiger charge is -2.09. The Hall–Kier alpha value is -1.70. The topological polar surface area (TPSA) is 35.8 Å². The van der Waals surface area contributed by atoms with Gasteiger partial charge in [0.1, 0.15) is 11.9 Å². The van der Waals surface area contributed by atoms with Crippen molar-refractivity contribution in [3.8, 4) is 6.07 Å². The first-order valence-electron chi connectivity index (χ1n) is 3.85. The molecule has 0 saturated heterocycles. The molecule has 0 radical (unpaired) electrons. The molecule has 0 bridgehead atoms. The molecule has 0 aliphatic rings. The van der Waals surface area contributed by atoms with Crippen molar-refractivity contribution in [1.29, 1.82) is 5.26 Å². The van der Waals surface area contributed by atoms with Gasteiger partial charge in [0.15, 0.2) is 11.6 Å². The van der Waals surface area contributed by atoms with Crippen molar-refractivity contribution in [1.82, 2.24) is 0 Å². The highest BCUT2D eigenvalue weighted by Crippen LogP contribution is 2.19. The molecular formula is C9H7F3N2. The highest BCUT2D eigenvalue weighted by atomic mass is 19.2. The van der Waals surface area contributed by atoms with E-state index in [9.17, 15) is 13.2 Å². The van der Waals surface area contributed by atoms with E-state index < -0.39 is 23.5 Å².